The van der Waals surface area contributed by atoms with Crippen molar-refractivity contribution in [2.45, 2.75) is 33.9 Å². The van der Waals surface area contributed by atoms with Crippen molar-refractivity contribution in [1.29, 1.82) is 0 Å². The Bertz CT molecular complexity index is 1500. The summed E-state index contributed by atoms with van der Waals surface area (Å²) >= 11 is 3.55. The lowest BCUT2D eigenvalue weighted by molar-refractivity contribution is 0.0948. The molecule has 0 saturated heterocycles. The molecule has 13 nitrogen and oxygen atoms in total. The number of nitrogen functional groups attached to an aromatic ring is 1. The van der Waals surface area contributed by atoms with Crippen LogP contribution in [0.25, 0.3) is 5.82 Å². The zero-order chi connectivity index (χ0) is 28.6. The van der Waals surface area contributed by atoms with Crippen molar-refractivity contribution < 1.29 is 18.9 Å². The van der Waals surface area contributed by atoms with E-state index in [0.29, 0.717) is 40.4 Å². The Morgan fingerprint density at radius 1 is 1.25 bits per heavy atom. The second-order valence-corrected chi connectivity index (χ2v) is 9.53. The normalized spacial score (nSPS) is 11.3. The Labute approximate surface area is 239 Å². The van der Waals surface area contributed by atoms with Crippen LogP contribution in [0.15, 0.2) is 50.6 Å². The first-order chi connectivity index (χ1) is 19.4. The minimum Gasteiger partial charge on any atom is -0.493 e. The molecule has 0 aliphatic carbocycles. The van der Waals surface area contributed by atoms with Crippen LogP contribution in [0.4, 0.5) is 5.82 Å². The molecule has 2 heterocycles. The smallest absolute Gasteiger partial charge is 0.293 e. The second kappa shape index (κ2) is 13.2. The molecule has 0 atom stereocenters. The summed E-state index contributed by atoms with van der Waals surface area (Å²) in [5.74, 6) is 0.703. The maximum absolute atomic E-state index is 13.1. The van der Waals surface area contributed by atoms with Gasteiger partial charge in [-0.25, -0.2) is 10.1 Å². The fourth-order valence-corrected chi connectivity index (χ4v) is 4.46. The molecule has 0 aliphatic rings. The number of ether oxygens (including phenoxy) is 2. The third kappa shape index (κ3) is 6.46. The van der Waals surface area contributed by atoms with E-state index in [9.17, 15) is 4.79 Å². The molecule has 4 rings (SSSR count). The maximum Gasteiger partial charge on any atom is 0.293 e. The molecule has 3 N–H and O–H groups in total. The number of carbonyl (C=O) groups excluding carboxylic acids is 1. The number of hydrogen-bond donors (Lipinski definition) is 2. The van der Waals surface area contributed by atoms with E-state index in [-0.39, 0.29) is 17.3 Å². The van der Waals surface area contributed by atoms with Gasteiger partial charge in [-0.2, -0.15) is 9.78 Å². The van der Waals surface area contributed by atoms with Crippen molar-refractivity contribution in [3.8, 4) is 17.3 Å². The van der Waals surface area contributed by atoms with Gasteiger partial charge in [0.25, 0.3) is 5.91 Å². The number of benzene rings is 2. The van der Waals surface area contributed by atoms with Crippen molar-refractivity contribution in [3.63, 3.8) is 0 Å². The number of nitrogens with zero attached hydrogens (tertiary/aromatic N) is 7. The summed E-state index contributed by atoms with van der Waals surface area (Å²) in [6, 6.07) is 11.6. The van der Waals surface area contributed by atoms with Gasteiger partial charge in [-0.15, -0.1) is 5.10 Å². The highest BCUT2D eigenvalue weighted by Crippen LogP contribution is 2.37. The van der Waals surface area contributed by atoms with Gasteiger partial charge in [0.2, 0.25) is 11.6 Å². The number of aryl methyl sites for hydroxylation is 1. The second-order valence-electron chi connectivity index (χ2n) is 8.68. The van der Waals surface area contributed by atoms with Crippen LogP contribution in [0, 0.1) is 6.92 Å². The van der Waals surface area contributed by atoms with Gasteiger partial charge in [-0.05, 0) is 75.1 Å². The highest BCUT2D eigenvalue weighted by Gasteiger charge is 2.25. The maximum atomic E-state index is 13.1. The summed E-state index contributed by atoms with van der Waals surface area (Å²) < 4.78 is 18.3. The van der Waals surface area contributed by atoms with Crippen LogP contribution < -0.4 is 20.6 Å². The number of amides is 1. The molecule has 0 spiro atoms. The minimum atomic E-state index is -0.552. The topological polar surface area (TPSA) is 159 Å². The van der Waals surface area contributed by atoms with Crippen molar-refractivity contribution in [1.82, 2.24) is 35.6 Å². The molecule has 2 aromatic carbocycles. The summed E-state index contributed by atoms with van der Waals surface area (Å²) in [7, 11) is 1.56. The third-order valence-corrected chi connectivity index (χ3v) is 6.80. The van der Waals surface area contributed by atoms with Crippen LogP contribution >= 0.6 is 15.9 Å². The molecule has 4 aromatic rings. The molecule has 0 fully saturated rings. The Morgan fingerprint density at radius 2 is 2.02 bits per heavy atom. The number of carbonyl (C=O) groups is 1. The summed E-state index contributed by atoms with van der Waals surface area (Å²) in [4.78, 5) is 15.2. The van der Waals surface area contributed by atoms with Crippen LogP contribution in [-0.2, 0) is 13.2 Å². The number of hydrogen-bond acceptors (Lipinski definition) is 11. The monoisotopic (exact) mass is 611 g/mol. The summed E-state index contributed by atoms with van der Waals surface area (Å²) in [5.41, 5.74) is 11.8. The van der Waals surface area contributed by atoms with Gasteiger partial charge in [0.05, 0.1) is 23.5 Å². The summed E-state index contributed by atoms with van der Waals surface area (Å²) in [5, 5.41) is 19.6. The highest BCUT2D eigenvalue weighted by molar-refractivity contribution is 9.10. The van der Waals surface area contributed by atoms with Gasteiger partial charge >= 0.3 is 0 Å². The quantitative estimate of drug-likeness (QED) is 0.179. The molecular formula is C26H30BrN9O4. The van der Waals surface area contributed by atoms with E-state index in [1.54, 1.807) is 13.2 Å². The summed E-state index contributed by atoms with van der Waals surface area (Å²) in [6.07, 6.45) is 1.49. The van der Waals surface area contributed by atoms with Crippen molar-refractivity contribution in [2.75, 3.05) is 25.9 Å². The van der Waals surface area contributed by atoms with Gasteiger partial charge in [0, 0.05) is 6.54 Å². The predicted molar refractivity (Wildman–Crippen MR) is 152 cm³/mol. The number of aromatic nitrogens is 5. The van der Waals surface area contributed by atoms with Crippen LogP contribution in [-0.4, -0.2) is 62.5 Å². The number of methoxy groups -OCH3 is 1. The Hall–Kier alpha value is -4.30. The molecule has 0 unspecified atom stereocenters. The first-order valence-corrected chi connectivity index (χ1v) is 13.3. The van der Waals surface area contributed by atoms with E-state index in [2.05, 4.69) is 52.0 Å². The van der Waals surface area contributed by atoms with Crippen molar-refractivity contribution in [2.24, 2.45) is 5.10 Å². The van der Waals surface area contributed by atoms with Gasteiger partial charge < -0.3 is 15.2 Å². The number of nitrogens with two attached hydrogens (primary N) is 1. The largest absolute Gasteiger partial charge is 0.493 e. The van der Waals surface area contributed by atoms with Crippen LogP contribution in [0.3, 0.4) is 0 Å². The zero-order valence-corrected chi connectivity index (χ0v) is 24.2. The molecule has 0 aliphatic heterocycles. The van der Waals surface area contributed by atoms with Gasteiger partial charge in [0.15, 0.2) is 17.2 Å². The van der Waals surface area contributed by atoms with E-state index in [4.69, 9.17) is 19.8 Å². The fraction of sp³-hybridized carbons (Fsp3) is 0.308. The average Bonchev–Trinajstić information content (AvgIpc) is 3.56. The number of hydrazone groups is 1. The van der Waals surface area contributed by atoms with Gasteiger partial charge in [0.1, 0.15) is 6.61 Å². The lowest BCUT2D eigenvalue weighted by atomic mass is 10.1. The molecule has 1 amide bonds. The summed E-state index contributed by atoms with van der Waals surface area (Å²) in [6.45, 7) is 8.30. The number of rotatable bonds is 12. The first kappa shape index (κ1) is 28.7. The number of anilines is 1. The van der Waals surface area contributed by atoms with Gasteiger partial charge in [-0.3, -0.25) is 9.69 Å². The van der Waals surface area contributed by atoms with Crippen molar-refractivity contribution >= 4 is 33.9 Å². The van der Waals surface area contributed by atoms with E-state index in [1.807, 2.05) is 51.1 Å². The van der Waals surface area contributed by atoms with Crippen LogP contribution in [0.5, 0.6) is 11.5 Å². The Balaban J connectivity index is 1.51. The lowest BCUT2D eigenvalue weighted by Crippen LogP contribution is -2.27. The molecule has 0 saturated carbocycles. The third-order valence-electron chi connectivity index (χ3n) is 6.21. The number of halogens is 1. The molecule has 210 valence electrons. The first-order valence-electron chi connectivity index (χ1n) is 12.5. The average molecular weight is 612 g/mol. The number of nitrogens with one attached hydrogen (secondary N) is 1. The molecular weight excluding hydrogens is 582 g/mol. The van der Waals surface area contributed by atoms with Gasteiger partial charge in [-0.1, -0.05) is 43.3 Å². The van der Waals surface area contributed by atoms with E-state index in [0.717, 1.165) is 24.2 Å². The molecule has 0 radical (unpaired) electrons. The van der Waals surface area contributed by atoms with E-state index in [1.165, 1.54) is 10.9 Å². The minimum absolute atomic E-state index is 0.0292. The SMILES string of the molecule is CCN(CC)Cc1c(C(=O)N/N=C/c2cc(Br)c(OCc3ccccc3C)c(OC)c2)nnn1-c1nonc1N. The van der Waals surface area contributed by atoms with Crippen LogP contribution in [0.1, 0.15) is 46.7 Å². The van der Waals surface area contributed by atoms with Crippen LogP contribution in [0.2, 0.25) is 0 Å². The Morgan fingerprint density at radius 3 is 2.70 bits per heavy atom. The van der Waals surface area contributed by atoms with E-state index >= 15 is 0 Å². The molecule has 2 aromatic heterocycles. The molecule has 40 heavy (non-hydrogen) atoms. The highest BCUT2D eigenvalue weighted by atomic mass is 79.9. The lowest BCUT2D eigenvalue weighted by Gasteiger charge is -2.18. The van der Waals surface area contributed by atoms with E-state index < -0.39 is 5.91 Å². The molecule has 14 heteroatoms. The standard InChI is InChI=1S/C26H30BrN9O4/c1-5-35(6-2)14-20-22(30-34-36(20)25-24(28)32-40-33-25)26(37)31-29-13-17-11-19(27)23(21(12-17)38-4)39-15-18-10-8-7-9-16(18)3/h7-13H,5-6,14-15H2,1-4H3,(H2,28,32)(H,31,37)/b29-13+. The zero-order valence-electron chi connectivity index (χ0n) is 22.6. The van der Waals surface area contributed by atoms with Crippen molar-refractivity contribution in [3.05, 3.63) is 68.9 Å². The molecule has 0 bridgehead atoms. The predicted octanol–water partition coefficient (Wildman–Crippen LogP) is 3.50. The fourth-order valence-electron chi connectivity index (χ4n) is 3.88. The Kier molecular flexibility index (Phi) is 9.45.